The molecule has 3 rings (SSSR count). The van der Waals surface area contributed by atoms with E-state index in [4.69, 9.17) is 19.5 Å². The van der Waals surface area contributed by atoms with Gasteiger partial charge in [0, 0.05) is 39.1 Å². The third-order valence-electron chi connectivity index (χ3n) is 5.84. The number of hydrogen-bond acceptors (Lipinski definition) is 7. The quantitative estimate of drug-likeness (QED) is 0.574. The average Bonchev–Trinajstić information content (AvgIpc) is 3.01. The summed E-state index contributed by atoms with van der Waals surface area (Å²) in [4.78, 5) is 15.2. The number of fused-ring (bicyclic) bond motifs is 1. The highest BCUT2D eigenvalue weighted by atomic mass is 16.5. The predicted molar refractivity (Wildman–Crippen MR) is 115 cm³/mol. The van der Waals surface area contributed by atoms with Crippen molar-refractivity contribution in [1.29, 1.82) is 5.26 Å². The monoisotopic (exact) mass is 431 g/mol. The fourth-order valence-corrected chi connectivity index (χ4v) is 4.08. The highest BCUT2D eigenvalue weighted by Crippen LogP contribution is 2.35. The summed E-state index contributed by atoms with van der Waals surface area (Å²) in [6.07, 6.45) is 3.35. The molecule has 1 aromatic carbocycles. The maximum Gasteiger partial charge on any atom is 0.255 e. The lowest BCUT2D eigenvalue weighted by molar-refractivity contribution is 0.0209. The molecule has 2 aliphatic rings. The number of aliphatic hydroxyl groups is 1. The SMILES string of the molecule is COCCCCN1CC[C@@H](CNC(=O)c2cc(CC#N)cc3c2OCCCO3)C(O)C1. The molecule has 8 heteroatoms. The van der Waals surface area contributed by atoms with Gasteiger partial charge in [0.25, 0.3) is 5.91 Å². The van der Waals surface area contributed by atoms with Crippen LogP contribution in [-0.4, -0.2) is 75.1 Å². The van der Waals surface area contributed by atoms with Crippen molar-refractivity contribution in [3.8, 4) is 17.6 Å². The molecule has 0 aliphatic carbocycles. The van der Waals surface area contributed by atoms with Crippen molar-refractivity contribution >= 4 is 5.91 Å². The van der Waals surface area contributed by atoms with E-state index in [0.717, 1.165) is 50.9 Å². The lowest BCUT2D eigenvalue weighted by Crippen LogP contribution is -2.47. The van der Waals surface area contributed by atoms with Gasteiger partial charge in [-0.15, -0.1) is 0 Å². The summed E-state index contributed by atoms with van der Waals surface area (Å²) < 4.78 is 16.6. The third kappa shape index (κ3) is 6.57. The number of β-amino-alcohol motifs (C(OH)–C–C–N with tert-alkyl or cyclic N) is 1. The van der Waals surface area contributed by atoms with Gasteiger partial charge >= 0.3 is 0 Å². The standard InChI is InChI=1S/C23H33N3O5/c1-29-10-3-2-8-26-9-6-18(20(27)16-26)15-25-23(28)19-13-17(5-7-24)14-21-22(19)31-12-4-11-30-21/h13-14,18,20,27H,2-6,8-12,15-16H2,1H3,(H,25,28)/t18-,20?/m0/s1. The van der Waals surface area contributed by atoms with E-state index in [1.165, 1.54) is 0 Å². The summed E-state index contributed by atoms with van der Waals surface area (Å²) in [6, 6.07) is 5.59. The number of amides is 1. The Labute approximate surface area is 184 Å². The number of rotatable bonds is 9. The van der Waals surface area contributed by atoms with Crippen LogP contribution in [0.2, 0.25) is 0 Å². The minimum atomic E-state index is -0.474. The molecule has 170 valence electrons. The molecular formula is C23H33N3O5. The first kappa shape index (κ1) is 23.3. The average molecular weight is 432 g/mol. The van der Waals surface area contributed by atoms with Crippen LogP contribution in [0.5, 0.6) is 11.5 Å². The molecule has 2 N–H and O–H groups in total. The number of carbonyl (C=O) groups excluding carboxylic acids is 1. The number of ether oxygens (including phenoxy) is 3. The molecule has 1 fully saturated rings. The summed E-state index contributed by atoms with van der Waals surface area (Å²) in [6.45, 7) is 4.64. The van der Waals surface area contributed by atoms with E-state index in [-0.39, 0.29) is 18.2 Å². The van der Waals surface area contributed by atoms with Gasteiger partial charge in [0.05, 0.1) is 37.4 Å². The van der Waals surface area contributed by atoms with E-state index < -0.39 is 6.10 Å². The van der Waals surface area contributed by atoms with Gasteiger partial charge < -0.3 is 29.5 Å². The van der Waals surface area contributed by atoms with E-state index in [1.54, 1.807) is 19.2 Å². The molecule has 0 radical (unpaired) electrons. The van der Waals surface area contributed by atoms with Crippen molar-refractivity contribution < 1.29 is 24.1 Å². The highest BCUT2D eigenvalue weighted by Gasteiger charge is 2.28. The van der Waals surface area contributed by atoms with Gasteiger partial charge in [-0.1, -0.05) is 0 Å². The number of nitrogens with one attached hydrogen (secondary N) is 1. The Morgan fingerprint density at radius 3 is 2.97 bits per heavy atom. The Kier molecular flexibility index (Phi) is 8.95. The lowest BCUT2D eigenvalue weighted by Gasteiger charge is -2.36. The van der Waals surface area contributed by atoms with Crippen LogP contribution in [-0.2, 0) is 11.2 Å². The number of aliphatic hydroxyl groups excluding tert-OH is 1. The zero-order chi connectivity index (χ0) is 22.1. The molecule has 2 aliphatic heterocycles. The Morgan fingerprint density at radius 1 is 1.35 bits per heavy atom. The van der Waals surface area contributed by atoms with Crippen molar-refractivity contribution in [3.63, 3.8) is 0 Å². The molecule has 1 saturated heterocycles. The molecule has 0 bridgehead atoms. The first-order chi connectivity index (χ1) is 15.1. The van der Waals surface area contributed by atoms with Crippen molar-refractivity contribution in [2.45, 2.75) is 38.2 Å². The summed E-state index contributed by atoms with van der Waals surface area (Å²) in [5, 5.41) is 22.6. The van der Waals surface area contributed by atoms with Crippen LogP contribution in [0.25, 0.3) is 0 Å². The number of nitriles is 1. The molecule has 2 heterocycles. The van der Waals surface area contributed by atoms with Crippen LogP contribution >= 0.6 is 0 Å². The second-order valence-corrected chi connectivity index (χ2v) is 8.18. The topological polar surface area (TPSA) is 104 Å². The molecule has 8 nitrogen and oxygen atoms in total. The van der Waals surface area contributed by atoms with Gasteiger partial charge in [-0.2, -0.15) is 5.26 Å². The van der Waals surface area contributed by atoms with E-state index in [1.807, 2.05) is 0 Å². The van der Waals surface area contributed by atoms with Crippen molar-refractivity contribution in [3.05, 3.63) is 23.3 Å². The molecule has 31 heavy (non-hydrogen) atoms. The van der Waals surface area contributed by atoms with E-state index in [9.17, 15) is 9.90 Å². The fraction of sp³-hybridized carbons (Fsp3) is 0.652. The summed E-state index contributed by atoms with van der Waals surface area (Å²) in [5.41, 5.74) is 1.11. The Hall–Kier alpha value is -2.34. The van der Waals surface area contributed by atoms with Crippen LogP contribution in [0.4, 0.5) is 0 Å². The largest absolute Gasteiger partial charge is 0.490 e. The Bertz CT molecular complexity index is 779. The predicted octanol–water partition coefficient (Wildman–Crippen LogP) is 1.75. The van der Waals surface area contributed by atoms with E-state index >= 15 is 0 Å². The number of nitrogens with zero attached hydrogens (tertiary/aromatic N) is 2. The van der Waals surface area contributed by atoms with Gasteiger partial charge in [-0.25, -0.2) is 0 Å². The maximum absolute atomic E-state index is 13.0. The summed E-state index contributed by atoms with van der Waals surface area (Å²) >= 11 is 0. The van der Waals surface area contributed by atoms with Gasteiger partial charge in [0.15, 0.2) is 11.5 Å². The van der Waals surface area contributed by atoms with Crippen LogP contribution in [0.3, 0.4) is 0 Å². The van der Waals surface area contributed by atoms with Gasteiger partial charge in [-0.05, 0) is 50.0 Å². The van der Waals surface area contributed by atoms with E-state index in [0.29, 0.717) is 43.4 Å². The highest BCUT2D eigenvalue weighted by molar-refractivity contribution is 5.98. The summed E-state index contributed by atoms with van der Waals surface area (Å²) in [7, 11) is 1.71. The number of unbranched alkanes of at least 4 members (excludes halogenated alkanes) is 1. The van der Waals surface area contributed by atoms with Gasteiger partial charge in [0.1, 0.15) is 0 Å². The second-order valence-electron chi connectivity index (χ2n) is 8.18. The zero-order valence-electron chi connectivity index (χ0n) is 18.3. The molecule has 2 atom stereocenters. The fourth-order valence-electron chi connectivity index (χ4n) is 4.08. The van der Waals surface area contributed by atoms with Gasteiger partial charge in [0.2, 0.25) is 0 Å². The molecular weight excluding hydrogens is 398 g/mol. The van der Waals surface area contributed by atoms with Crippen LogP contribution in [0, 0.1) is 17.2 Å². The number of hydrogen-bond donors (Lipinski definition) is 2. The normalized spacial score (nSPS) is 21.2. The van der Waals surface area contributed by atoms with Crippen LogP contribution in [0.15, 0.2) is 12.1 Å². The molecule has 1 unspecified atom stereocenters. The molecule has 0 saturated carbocycles. The van der Waals surface area contributed by atoms with Crippen LogP contribution in [0.1, 0.15) is 41.6 Å². The number of likely N-dealkylation sites (tertiary alicyclic amines) is 1. The van der Waals surface area contributed by atoms with E-state index in [2.05, 4.69) is 16.3 Å². The number of carbonyl (C=O) groups is 1. The molecule has 0 aromatic heterocycles. The van der Waals surface area contributed by atoms with Crippen molar-refractivity contribution in [2.24, 2.45) is 5.92 Å². The lowest BCUT2D eigenvalue weighted by atomic mass is 9.93. The Morgan fingerprint density at radius 2 is 2.19 bits per heavy atom. The second kappa shape index (κ2) is 11.9. The number of piperidine rings is 1. The number of methoxy groups -OCH3 is 1. The van der Waals surface area contributed by atoms with Gasteiger partial charge in [-0.3, -0.25) is 4.79 Å². The molecule has 1 amide bonds. The van der Waals surface area contributed by atoms with Crippen molar-refractivity contribution in [2.75, 3.05) is 53.1 Å². The Balaban J connectivity index is 1.57. The van der Waals surface area contributed by atoms with Crippen LogP contribution < -0.4 is 14.8 Å². The molecule has 0 spiro atoms. The minimum Gasteiger partial charge on any atom is -0.490 e. The summed E-state index contributed by atoms with van der Waals surface area (Å²) in [5.74, 6) is 0.688. The first-order valence-corrected chi connectivity index (χ1v) is 11.1. The first-order valence-electron chi connectivity index (χ1n) is 11.1. The maximum atomic E-state index is 13.0. The molecule has 1 aromatic rings. The minimum absolute atomic E-state index is 0.0113. The van der Waals surface area contributed by atoms with Crippen molar-refractivity contribution in [1.82, 2.24) is 10.2 Å². The number of benzene rings is 1. The third-order valence-corrected chi connectivity index (χ3v) is 5.84. The zero-order valence-corrected chi connectivity index (χ0v) is 18.3. The smallest absolute Gasteiger partial charge is 0.255 e.